The summed E-state index contributed by atoms with van der Waals surface area (Å²) in [6.45, 7) is 0. The van der Waals surface area contributed by atoms with Crippen molar-refractivity contribution in [3.8, 4) is 0 Å². The molecule has 28 heavy (non-hydrogen) atoms. The quantitative estimate of drug-likeness (QED) is 0.465. The van der Waals surface area contributed by atoms with Crippen LogP contribution in [-0.4, -0.2) is 9.13 Å². The van der Waals surface area contributed by atoms with E-state index in [1.807, 2.05) is 96.0 Å². The summed E-state index contributed by atoms with van der Waals surface area (Å²) in [4.78, 5) is 9.21. The monoisotopic (exact) mass is 370 g/mol. The lowest BCUT2D eigenvalue weighted by Gasteiger charge is -1.96. The highest BCUT2D eigenvalue weighted by molar-refractivity contribution is 5.73. The average molecular weight is 370 g/mol. The molecule has 0 amide bonds. The zero-order valence-corrected chi connectivity index (χ0v) is 15.5. The lowest BCUT2D eigenvalue weighted by Crippen LogP contribution is -2.11. The molecule has 3 aromatic carbocycles. The average Bonchev–Trinajstić information content (AvgIpc) is 3.21. The molecule has 0 unspecified atom stereocenters. The number of oxazole rings is 2. The van der Waals surface area contributed by atoms with Gasteiger partial charge in [0, 0.05) is 14.1 Å². The summed E-state index contributed by atoms with van der Waals surface area (Å²) in [7, 11) is 3.88. The third-order valence-electron chi connectivity index (χ3n) is 4.73. The van der Waals surface area contributed by atoms with Gasteiger partial charge in [-0.1, -0.05) is 24.3 Å². The molecule has 0 aliphatic rings. The topological polar surface area (TPSA) is 60.9 Å². The molecule has 0 N–H and O–H groups in total. The van der Waals surface area contributed by atoms with Crippen molar-refractivity contribution in [1.29, 1.82) is 0 Å². The van der Waals surface area contributed by atoms with E-state index in [0.29, 0.717) is 11.4 Å². The molecule has 138 valence electrons. The van der Waals surface area contributed by atoms with Gasteiger partial charge in [-0.15, -0.1) is 0 Å². The van der Waals surface area contributed by atoms with Crippen molar-refractivity contribution in [3.63, 3.8) is 0 Å². The Balaban J connectivity index is 1.53. The fourth-order valence-corrected chi connectivity index (χ4v) is 3.20. The molecular formula is C22H18N4O2. The number of rotatable bonds is 2. The normalized spacial score (nSPS) is 13.1. The molecule has 6 nitrogen and oxygen atoms in total. The highest BCUT2D eigenvalue weighted by atomic mass is 16.4. The van der Waals surface area contributed by atoms with Crippen LogP contribution in [0.15, 0.2) is 91.6 Å². The van der Waals surface area contributed by atoms with Crippen LogP contribution in [0.2, 0.25) is 0 Å². The van der Waals surface area contributed by atoms with Crippen LogP contribution in [0, 0.1) is 0 Å². The van der Waals surface area contributed by atoms with Gasteiger partial charge in [0.15, 0.2) is 11.2 Å². The van der Waals surface area contributed by atoms with Crippen molar-refractivity contribution in [2.45, 2.75) is 0 Å². The van der Waals surface area contributed by atoms with Crippen LogP contribution in [0.5, 0.6) is 0 Å². The van der Waals surface area contributed by atoms with Gasteiger partial charge in [-0.2, -0.15) is 9.98 Å². The van der Waals surface area contributed by atoms with Gasteiger partial charge in [0.25, 0.3) is 0 Å². The standard InChI is InChI=1S/C22H18N4O2/c1-25-17-7-3-5-9-19(17)27-21(25)23-15-11-13-16(14-12-15)24-22-26(2)18-8-4-6-10-20(18)28-22/h3-14H,1-2H3. The van der Waals surface area contributed by atoms with Crippen molar-refractivity contribution in [2.75, 3.05) is 0 Å². The smallest absolute Gasteiger partial charge is 0.302 e. The SMILES string of the molecule is Cn1c(=Nc2ccc(N=c3oc4ccccc4n3C)cc2)oc2ccccc21. The molecular weight excluding hydrogens is 352 g/mol. The Labute approximate surface area is 160 Å². The van der Waals surface area contributed by atoms with E-state index in [0.717, 1.165) is 33.6 Å². The third kappa shape index (κ3) is 2.75. The number of aryl methyl sites for hydroxylation is 2. The summed E-state index contributed by atoms with van der Waals surface area (Å²) in [5, 5.41) is 0. The minimum absolute atomic E-state index is 0.551. The highest BCUT2D eigenvalue weighted by Gasteiger charge is 2.05. The van der Waals surface area contributed by atoms with Gasteiger partial charge in [0.1, 0.15) is 0 Å². The van der Waals surface area contributed by atoms with Gasteiger partial charge in [-0.3, -0.25) is 9.13 Å². The van der Waals surface area contributed by atoms with Crippen LogP contribution in [0.3, 0.4) is 0 Å². The van der Waals surface area contributed by atoms with Gasteiger partial charge in [-0.25, -0.2) is 0 Å². The summed E-state index contributed by atoms with van der Waals surface area (Å²) in [6.07, 6.45) is 0. The molecule has 2 aromatic heterocycles. The Morgan fingerprint density at radius 2 is 0.964 bits per heavy atom. The third-order valence-corrected chi connectivity index (χ3v) is 4.73. The molecule has 0 aliphatic heterocycles. The minimum atomic E-state index is 0.551. The molecule has 0 aliphatic carbocycles. The number of para-hydroxylation sites is 4. The van der Waals surface area contributed by atoms with Crippen molar-refractivity contribution >= 4 is 33.6 Å². The second-order valence-electron chi connectivity index (χ2n) is 6.56. The largest absolute Gasteiger partial charge is 0.423 e. The first kappa shape index (κ1) is 16.4. The van der Waals surface area contributed by atoms with E-state index in [-0.39, 0.29) is 0 Å². The van der Waals surface area contributed by atoms with Crippen molar-refractivity contribution in [2.24, 2.45) is 24.1 Å². The van der Waals surface area contributed by atoms with Crippen LogP contribution in [0.1, 0.15) is 0 Å². The second-order valence-corrected chi connectivity index (χ2v) is 6.56. The van der Waals surface area contributed by atoms with E-state index in [4.69, 9.17) is 8.83 Å². The number of nitrogens with zero attached hydrogens (tertiary/aromatic N) is 4. The number of hydrogen-bond donors (Lipinski definition) is 0. The van der Waals surface area contributed by atoms with Crippen molar-refractivity contribution in [3.05, 3.63) is 84.2 Å². The molecule has 0 fully saturated rings. The Hall–Kier alpha value is -3.80. The Morgan fingerprint density at radius 3 is 1.36 bits per heavy atom. The molecule has 2 heterocycles. The molecule has 0 saturated heterocycles. The molecule has 0 radical (unpaired) electrons. The molecule has 6 heteroatoms. The summed E-state index contributed by atoms with van der Waals surface area (Å²) < 4.78 is 15.5. The maximum Gasteiger partial charge on any atom is 0.302 e. The molecule has 0 bridgehead atoms. The lowest BCUT2D eigenvalue weighted by molar-refractivity contribution is 0.508. The fourth-order valence-electron chi connectivity index (χ4n) is 3.20. The van der Waals surface area contributed by atoms with Gasteiger partial charge in [0.2, 0.25) is 0 Å². The second kappa shape index (κ2) is 6.42. The van der Waals surface area contributed by atoms with E-state index in [1.165, 1.54) is 0 Å². The maximum atomic E-state index is 5.83. The first-order valence-corrected chi connectivity index (χ1v) is 8.98. The summed E-state index contributed by atoms with van der Waals surface area (Å²) >= 11 is 0. The Kier molecular flexibility index (Phi) is 3.76. The van der Waals surface area contributed by atoms with E-state index in [1.54, 1.807) is 0 Å². The number of aromatic nitrogens is 2. The summed E-state index contributed by atoms with van der Waals surface area (Å²) in [6, 6.07) is 23.4. The Bertz CT molecular complexity index is 1320. The van der Waals surface area contributed by atoms with Gasteiger partial charge >= 0.3 is 11.4 Å². The van der Waals surface area contributed by atoms with Gasteiger partial charge in [-0.05, 0) is 48.5 Å². The maximum absolute atomic E-state index is 5.83. The van der Waals surface area contributed by atoms with Crippen LogP contribution in [0.25, 0.3) is 22.2 Å². The van der Waals surface area contributed by atoms with Crippen LogP contribution < -0.4 is 11.4 Å². The fraction of sp³-hybridized carbons (Fsp3) is 0.0909. The van der Waals surface area contributed by atoms with E-state index in [9.17, 15) is 0 Å². The van der Waals surface area contributed by atoms with Gasteiger partial charge in [0.05, 0.1) is 22.4 Å². The minimum Gasteiger partial charge on any atom is -0.423 e. The summed E-state index contributed by atoms with van der Waals surface area (Å²) in [5.74, 6) is 0. The molecule has 0 saturated carbocycles. The van der Waals surface area contributed by atoms with Crippen molar-refractivity contribution < 1.29 is 8.83 Å². The van der Waals surface area contributed by atoms with Crippen LogP contribution >= 0.6 is 0 Å². The first-order valence-electron chi connectivity index (χ1n) is 8.98. The number of hydrogen-bond acceptors (Lipinski definition) is 4. The summed E-state index contributed by atoms with van der Waals surface area (Å²) in [5.41, 5.74) is 6.32. The Morgan fingerprint density at radius 1 is 0.571 bits per heavy atom. The van der Waals surface area contributed by atoms with E-state index < -0.39 is 0 Å². The lowest BCUT2D eigenvalue weighted by atomic mass is 10.3. The van der Waals surface area contributed by atoms with E-state index >= 15 is 0 Å². The molecule has 5 aromatic rings. The van der Waals surface area contributed by atoms with Crippen LogP contribution in [-0.2, 0) is 14.1 Å². The van der Waals surface area contributed by atoms with E-state index in [2.05, 4.69) is 9.98 Å². The zero-order chi connectivity index (χ0) is 19.1. The number of benzene rings is 3. The molecule has 0 atom stereocenters. The van der Waals surface area contributed by atoms with Crippen LogP contribution in [0.4, 0.5) is 11.4 Å². The van der Waals surface area contributed by atoms with Gasteiger partial charge < -0.3 is 8.83 Å². The highest BCUT2D eigenvalue weighted by Crippen LogP contribution is 2.19. The predicted molar refractivity (Wildman–Crippen MR) is 107 cm³/mol. The zero-order valence-electron chi connectivity index (χ0n) is 15.5. The number of fused-ring (bicyclic) bond motifs is 2. The molecule has 0 spiro atoms. The van der Waals surface area contributed by atoms with Crippen molar-refractivity contribution in [1.82, 2.24) is 9.13 Å². The molecule has 5 rings (SSSR count). The predicted octanol–water partition coefficient (Wildman–Crippen LogP) is 4.32. The first-order chi connectivity index (χ1) is 13.7.